The molecule has 1 saturated heterocycles. The van der Waals surface area contributed by atoms with Crippen molar-refractivity contribution >= 4 is 23.8 Å². The van der Waals surface area contributed by atoms with E-state index in [1.165, 1.54) is 18.9 Å². The number of benzene rings is 4. The highest BCUT2D eigenvalue weighted by atomic mass is 32.2. The summed E-state index contributed by atoms with van der Waals surface area (Å²) >= 11 is 1.52. The number of carbonyl (C=O) groups is 2. The molecule has 0 radical (unpaired) electrons. The lowest BCUT2D eigenvalue weighted by atomic mass is 9.91. The fraction of sp³-hybridized carbons (Fsp3) is 0.289. The van der Waals surface area contributed by atoms with E-state index in [0.717, 1.165) is 33.5 Å². The zero-order chi connectivity index (χ0) is 35.6. The van der Waals surface area contributed by atoms with E-state index in [2.05, 4.69) is 33.1 Å². The molecule has 2 heterocycles. The molecule has 3 N–H and O–H groups in total. The van der Waals surface area contributed by atoms with Crippen LogP contribution in [0.5, 0.6) is 0 Å². The smallest absolute Gasteiger partial charge is 0.328 e. The summed E-state index contributed by atoms with van der Waals surface area (Å²) in [6.45, 7) is 2.31. The van der Waals surface area contributed by atoms with Gasteiger partial charge in [-0.2, -0.15) is 4.68 Å². The third-order valence-corrected chi connectivity index (χ3v) is 9.73. The Bertz CT molecular complexity index is 1860. The first-order valence-electron chi connectivity index (χ1n) is 16.6. The van der Waals surface area contributed by atoms with Crippen molar-refractivity contribution < 1.29 is 28.9 Å². The number of rotatable bonds is 13. The summed E-state index contributed by atoms with van der Waals surface area (Å²) in [6, 6.07) is 33.3. The molecular weight excluding hydrogens is 669 g/mol. The summed E-state index contributed by atoms with van der Waals surface area (Å²) in [5.41, 5.74) is 5.26. The lowest BCUT2D eigenvalue weighted by Gasteiger charge is -2.41. The Kier molecular flexibility index (Phi) is 12.1. The molecule has 5 unspecified atom stereocenters. The summed E-state index contributed by atoms with van der Waals surface area (Å²) in [6.07, 6.45) is -0.855. The molecule has 0 aliphatic carbocycles. The number of esters is 1. The Hall–Kier alpha value is -5.08. The van der Waals surface area contributed by atoms with Crippen molar-refractivity contribution in [3.63, 3.8) is 0 Å². The monoisotopic (exact) mass is 708 g/mol. The maximum Gasteiger partial charge on any atom is 0.328 e. The van der Waals surface area contributed by atoms with Crippen LogP contribution in [-0.4, -0.2) is 62.3 Å². The number of urea groups is 1. The van der Waals surface area contributed by atoms with E-state index in [-0.39, 0.29) is 31.3 Å². The SMILES string of the molecule is COC(=O)C(Cc1ccccc1)NC(=O)NCc1ccc(C2OC(CSc3nnnn3-c3ccccc3)C(C)C(c3ccc(CO)cc3)O2)cc1. The first-order chi connectivity index (χ1) is 24.9. The Labute approximate surface area is 300 Å². The molecular formula is C38H40N6O6S. The highest BCUT2D eigenvalue weighted by Gasteiger charge is 2.38. The van der Waals surface area contributed by atoms with Crippen molar-refractivity contribution in [3.8, 4) is 5.69 Å². The van der Waals surface area contributed by atoms with E-state index in [1.807, 2.05) is 109 Å². The zero-order valence-corrected chi connectivity index (χ0v) is 29.1. The summed E-state index contributed by atoms with van der Waals surface area (Å²) in [5, 5.41) is 28.1. The van der Waals surface area contributed by atoms with Crippen LogP contribution in [0.15, 0.2) is 114 Å². The van der Waals surface area contributed by atoms with Gasteiger partial charge in [-0.15, -0.1) is 5.10 Å². The second kappa shape index (κ2) is 17.2. The quantitative estimate of drug-likeness (QED) is 0.108. The molecule has 0 saturated carbocycles. The number of para-hydroxylation sites is 1. The average Bonchev–Trinajstić information content (AvgIpc) is 3.66. The van der Waals surface area contributed by atoms with Gasteiger partial charge in [0.25, 0.3) is 0 Å². The van der Waals surface area contributed by atoms with Gasteiger partial charge in [0, 0.05) is 30.2 Å². The molecule has 0 bridgehead atoms. The van der Waals surface area contributed by atoms with Crippen molar-refractivity contribution in [3.05, 3.63) is 137 Å². The van der Waals surface area contributed by atoms with E-state index in [4.69, 9.17) is 14.2 Å². The standard InChI is InChI=1S/C38H40N6O6S/c1-25-33(24-51-38-41-42-43-44(38)31-11-7-4-8-12-31)49-36(50-34(25)29-17-15-28(23-45)16-18-29)30-19-13-27(14-20-30)22-39-37(47)40-32(35(46)48-2)21-26-9-5-3-6-10-26/h3-20,25,32-34,36,45H,21-24H2,1-2H3,(H2,39,40,47). The van der Waals surface area contributed by atoms with Gasteiger partial charge in [0.1, 0.15) is 6.04 Å². The van der Waals surface area contributed by atoms with Gasteiger partial charge in [-0.3, -0.25) is 0 Å². The number of amides is 2. The van der Waals surface area contributed by atoms with Gasteiger partial charge >= 0.3 is 12.0 Å². The number of aliphatic hydroxyl groups excluding tert-OH is 1. The Balaban J connectivity index is 1.12. The first kappa shape index (κ1) is 35.7. The van der Waals surface area contributed by atoms with Crippen LogP contribution in [0.3, 0.4) is 0 Å². The fourth-order valence-electron chi connectivity index (χ4n) is 5.84. The highest BCUT2D eigenvalue weighted by molar-refractivity contribution is 7.99. The molecule has 1 aromatic heterocycles. The Morgan fingerprint density at radius 3 is 2.24 bits per heavy atom. The summed E-state index contributed by atoms with van der Waals surface area (Å²) in [4.78, 5) is 25.1. The highest BCUT2D eigenvalue weighted by Crippen LogP contribution is 2.43. The summed E-state index contributed by atoms with van der Waals surface area (Å²) < 4.78 is 19.8. The largest absolute Gasteiger partial charge is 0.467 e. The predicted octanol–water partition coefficient (Wildman–Crippen LogP) is 5.32. The van der Waals surface area contributed by atoms with Crippen LogP contribution in [-0.2, 0) is 38.6 Å². The van der Waals surface area contributed by atoms with E-state index >= 15 is 0 Å². The van der Waals surface area contributed by atoms with Gasteiger partial charge in [-0.1, -0.05) is 116 Å². The molecule has 1 aliphatic heterocycles. The van der Waals surface area contributed by atoms with Crippen LogP contribution in [0.25, 0.3) is 5.69 Å². The number of carbonyl (C=O) groups excluding carboxylic acids is 2. The maximum atomic E-state index is 12.8. The van der Waals surface area contributed by atoms with Gasteiger partial charge in [-0.05, 0) is 44.8 Å². The molecule has 1 aliphatic rings. The lowest BCUT2D eigenvalue weighted by molar-refractivity contribution is -0.268. The molecule has 5 aromatic rings. The van der Waals surface area contributed by atoms with Gasteiger partial charge in [0.15, 0.2) is 6.29 Å². The Morgan fingerprint density at radius 2 is 1.55 bits per heavy atom. The lowest BCUT2D eigenvalue weighted by Crippen LogP contribution is -2.47. The van der Waals surface area contributed by atoms with E-state index < -0.39 is 24.3 Å². The summed E-state index contributed by atoms with van der Waals surface area (Å²) in [7, 11) is 1.30. The van der Waals surface area contributed by atoms with Gasteiger partial charge < -0.3 is 30.0 Å². The number of nitrogens with one attached hydrogen (secondary N) is 2. The molecule has 12 nitrogen and oxygen atoms in total. The number of nitrogens with zero attached hydrogens (tertiary/aromatic N) is 4. The average molecular weight is 709 g/mol. The number of hydrogen-bond donors (Lipinski definition) is 3. The predicted molar refractivity (Wildman–Crippen MR) is 191 cm³/mol. The van der Waals surface area contributed by atoms with Gasteiger partial charge in [0.2, 0.25) is 5.16 Å². The second-order valence-corrected chi connectivity index (χ2v) is 13.2. The number of hydrogen-bond acceptors (Lipinski definition) is 10. The van der Waals surface area contributed by atoms with Crippen molar-refractivity contribution in [1.29, 1.82) is 0 Å². The van der Waals surface area contributed by atoms with Crippen LogP contribution in [0.1, 0.15) is 47.1 Å². The minimum absolute atomic E-state index is 0.0209. The van der Waals surface area contributed by atoms with Crippen LogP contribution in [0, 0.1) is 5.92 Å². The third kappa shape index (κ3) is 9.18. The fourth-order valence-corrected chi connectivity index (χ4v) is 6.89. The maximum absolute atomic E-state index is 12.8. The molecule has 0 spiro atoms. The molecule has 4 aromatic carbocycles. The van der Waals surface area contributed by atoms with E-state index in [0.29, 0.717) is 17.3 Å². The molecule has 2 amide bonds. The van der Waals surface area contributed by atoms with E-state index in [1.54, 1.807) is 4.68 Å². The van der Waals surface area contributed by atoms with Crippen molar-refractivity contribution in [2.24, 2.45) is 5.92 Å². The van der Waals surface area contributed by atoms with Crippen molar-refractivity contribution in [1.82, 2.24) is 30.8 Å². The second-order valence-electron chi connectivity index (χ2n) is 12.2. The first-order valence-corrected chi connectivity index (χ1v) is 17.6. The number of thioether (sulfide) groups is 1. The Morgan fingerprint density at radius 1 is 0.882 bits per heavy atom. The number of methoxy groups -OCH3 is 1. The third-order valence-electron chi connectivity index (χ3n) is 8.72. The summed E-state index contributed by atoms with van der Waals surface area (Å²) in [5.74, 6) is 0.0367. The van der Waals surface area contributed by atoms with Crippen LogP contribution in [0.2, 0.25) is 0 Å². The molecule has 1 fully saturated rings. The van der Waals surface area contributed by atoms with E-state index in [9.17, 15) is 14.7 Å². The molecule has 51 heavy (non-hydrogen) atoms. The van der Waals surface area contributed by atoms with Gasteiger partial charge in [0.05, 0.1) is 31.6 Å². The van der Waals surface area contributed by atoms with Crippen LogP contribution < -0.4 is 10.6 Å². The van der Waals surface area contributed by atoms with Crippen molar-refractivity contribution in [2.75, 3.05) is 12.9 Å². The molecule has 5 atom stereocenters. The molecule has 6 rings (SSSR count). The molecule has 13 heteroatoms. The normalized spacial score (nSPS) is 19.2. The minimum atomic E-state index is -0.826. The topological polar surface area (TPSA) is 150 Å². The minimum Gasteiger partial charge on any atom is -0.467 e. The number of aliphatic hydroxyl groups is 1. The number of ether oxygens (including phenoxy) is 3. The van der Waals surface area contributed by atoms with Gasteiger partial charge in [-0.25, -0.2) is 9.59 Å². The van der Waals surface area contributed by atoms with Crippen molar-refractivity contribution in [2.45, 2.75) is 56.2 Å². The van der Waals surface area contributed by atoms with Crippen LogP contribution in [0.4, 0.5) is 4.79 Å². The number of aromatic nitrogens is 4. The number of tetrazole rings is 1. The molecule has 264 valence electrons. The zero-order valence-electron chi connectivity index (χ0n) is 28.3. The van der Waals surface area contributed by atoms with Crippen LogP contribution >= 0.6 is 11.8 Å².